The third kappa shape index (κ3) is 2.74. The first-order valence-corrected chi connectivity index (χ1v) is 4.59. The molecule has 0 heterocycles. The highest BCUT2D eigenvalue weighted by atomic mass is 32.3. The number of hydrogen-bond acceptors (Lipinski definition) is 4. The Morgan fingerprint density at radius 3 is 2.58 bits per heavy atom. The largest absolute Gasteiger partial charge is 0.399 e. The van der Waals surface area contributed by atoms with Crippen molar-refractivity contribution in [2.45, 2.75) is 12.1 Å². The van der Waals surface area contributed by atoms with Gasteiger partial charge in [0.15, 0.2) is 5.72 Å². The highest BCUT2D eigenvalue weighted by Crippen LogP contribution is 2.17. The summed E-state index contributed by atoms with van der Waals surface area (Å²) in [5.41, 5.74) is 4.00. The van der Waals surface area contributed by atoms with Crippen LogP contribution in [-0.4, -0.2) is 18.7 Å². The van der Waals surface area contributed by atoms with E-state index < -0.39 is 16.1 Å². The molecule has 1 atom stereocenters. The maximum Gasteiger partial charge on any atom is 0.399 e. The summed E-state index contributed by atoms with van der Waals surface area (Å²) in [6.07, 6.45) is 6.47. The minimum absolute atomic E-state index is 0.212. The van der Waals surface area contributed by atoms with Gasteiger partial charge in [0.05, 0.1) is 0 Å². The Hall–Kier alpha value is -0.690. The fourth-order valence-corrected chi connectivity index (χ4v) is 1.39. The molecule has 68 valence electrons. The van der Waals surface area contributed by atoms with Crippen LogP contribution in [0.15, 0.2) is 24.3 Å². The SMILES string of the molecule is NC1(OS(=O)(=O)O)C=CC=CC1. The van der Waals surface area contributed by atoms with Gasteiger partial charge in [-0.25, -0.2) is 4.18 Å². The van der Waals surface area contributed by atoms with E-state index in [1.807, 2.05) is 0 Å². The van der Waals surface area contributed by atoms with Gasteiger partial charge in [-0.15, -0.1) is 0 Å². The summed E-state index contributed by atoms with van der Waals surface area (Å²) >= 11 is 0. The second kappa shape index (κ2) is 2.98. The van der Waals surface area contributed by atoms with Gasteiger partial charge in [0.1, 0.15) is 0 Å². The van der Waals surface area contributed by atoms with Gasteiger partial charge in [0.25, 0.3) is 0 Å². The second-order valence-corrected chi connectivity index (χ2v) is 3.48. The van der Waals surface area contributed by atoms with E-state index in [2.05, 4.69) is 4.18 Å². The molecule has 0 bridgehead atoms. The first kappa shape index (κ1) is 9.40. The summed E-state index contributed by atoms with van der Waals surface area (Å²) in [6, 6.07) is 0. The molecule has 3 N–H and O–H groups in total. The fraction of sp³-hybridized carbons (Fsp3) is 0.333. The molecule has 0 aromatic heterocycles. The zero-order valence-electron chi connectivity index (χ0n) is 6.17. The van der Waals surface area contributed by atoms with Crippen LogP contribution in [0, 0.1) is 0 Å². The third-order valence-corrected chi connectivity index (χ3v) is 1.84. The first-order chi connectivity index (χ1) is 5.41. The molecule has 5 nitrogen and oxygen atoms in total. The van der Waals surface area contributed by atoms with Gasteiger partial charge in [0, 0.05) is 6.42 Å². The summed E-state index contributed by atoms with van der Waals surface area (Å²) in [7, 11) is -4.49. The number of rotatable bonds is 2. The number of allylic oxidation sites excluding steroid dienone is 2. The maximum atomic E-state index is 10.3. The Labute approximate surface area is 70.5 Å². The molecule has 1 rings (SSSR count). The van der Waals surface area contributed by atoms with Crippen LogP contribution in [0.4, 0.5) is 0 Å². The van der Waals surface area contributed by atoms with Crippen LogP contribution in [0.3, 0.4) is 0 Å². The van der Waals surface area contributed by atoms with Crippen molar-refractivity contribution in [1.82, 2.24) is 0 Å². The lowest BCUT2D eigenvalue weighted by atomic mass is 10.1. The molecule has 0 saturated carbocycles. The summed E-state index contributed by atoms with van der Waals surface area (Å²) in [6.45, 7) is 0. The van der Waals surface area contributed by atoms with E-state index in [1.54, 1.807) is 18.2 Å². The lowest BCUT2D eigenvalue weighted by Crippen LogP contribution is -2.42. The minimum Gasteiger partial charge on any atom is -0.299 e. The Bertz CT molecular complexity index is 318. The Balaban J connectivity index is 2.75. The molecule has 1 unspecified atom stereocenters. The smallest absolute Gasteiger partial charge is 0.299 e. The molecule has 0 spiro atoms. The Kier molecular flexibility index (Phi) is 2.34. The molecule has 0 amide bonds. The van der Waals surface area contributed by atoms with E-state index in [0.717, 1.165) is 0 Å². The van der Waals surface area contributed by atoms with E-state index in [-0.39, 0.29) is 6.42 Å². The van der Waals surface area contributed by atoms with Crippen molar-refractivity contribution in [3.8, 4) is 0 Å². The Morgan fingerprint density at radius 2 is 2.17 bits per heavy atom. The Morgan fingerprint density at radius 1 is 1.50 bits per heavy atom. The molecule has 0 aromatic carbocycles. The van der Waals surface area contributed by atoms with Gasteiger partial charge in [-0.05, 0) is 6.08 Å². The van der Waals surface area contributed by atoms with E-state index >= 15 is 0 Å². The summed E-state index contributed by atoms with van der Waals surface area (Å²) in [5, 5.41) is 0. The molecular weight excluding hydrogens is 182 g/mol. The van der Waals surface area contributed by atoms with Gasteiger partial charge in [-0.2, -0.15) is 8.42 Å². The van der Waals surface area contributed by atoms with E-state index in [4.69, 9.17) is 10.3 Å². The zero-order chi connectivity index (χ0) is 9.24. The number of nitrogens with two attached hydrogens (primary N) is 1. The molecule has 0 aliphatic heterocycles. The fourth-order valence-electron chi connectivity index (χ4n) is 0.875. The number of hydrogen-bond donors (Lipinski definition) is 2. The highest BCUT2D eigenvalue weighted by Gasteiger charge is 2.28. The normalized spacial score (nSPS) is 29.2. The quantitative estimate of drug-likeness (QED) is 0.473. The van der Waals surface area contributed by atoms with Crippen LogP contribution in [0.25, 0.3) is 0 Å². The lowest BCUT2D eigenvalue weighted by molar-refractivity contribution is 0.118. The van der Waals surface area contributed by atoms with E-state index in [9.17, 15) is 8.42 Å². The van der Waals surface area contributed by atoms with E-state index in [0.29, 0.717) is 0 Å². The molecule has 1 aliphatic rings. The van der Waals surface area contributed by atoms with Crippen molar-refractivity contribution in [3.05, 3.63) is 24.3 Å². The monoisotopic (exact) mass is 191 g/mol. The molecule has 0 saturated heterocycles. The second-order valence-electron chi connectivity index (χ2n) is 2.46. The van der Waals surface area contributed by atoms with Gasteiger partial charge < -0.3 is 0 Å². The molecule has 6 heteroatoms. The van der Waals surface area contributed by atoms with Crippen LogP contribution in [0.2, 0.25) is 0 Å². The molecule has 12 heavy (non-hydrogen) atoms. The predicted octanol–water partition coefficient (Wildman–Crippen LogP) is -0.0231. The van der Waals surface area contributed by atoms with Crippen LogP contribution in [-0.2, 0) is 14.6 Å². The van der Waals surface area contributed by atoms with Crippen molar-refractivity contribution in [1.29, 1.82) is 0 Å². The van der Waals surface area contributed by atoms with Crippen molar-refractivity contribution >= 4 is 10.4 Å². The zero-order valence-corrected chi connectivity index (χ0v) is 6.99. The van der Waals surface area contributed by atoms with Crippen LogP contribution in [0.5, 0.6) is 0 Å². The minimum atomic E-state index is -4.49. The van der Waals surface area contributed by atoms with Crippen LogP contribution in [0.1, 0.15) is 6.42 Å². The molecule has 0 aromatic rings. The first-order valence-electron chi connectivity index (χ1n) is 3.23. The highest BCUT2D eigenvalue weighted by molar-refractivity contribution is 7.80. The van der Waals surface area contributed by atoms with Crippen LogP contribution >= 0.6 is 0 Å². The van der Waals surface area contributed by atoms with Gasteiger partial charge in [0.2, 0.25) is 0 Å². The third-order valence-electron chi connectivity index (χ3n) is 1.32. The van der Waals surface area contributed by atoms with Crippen molar-refractivity contribution in [2.24, 2.45) is 5.73 Å². The van der Waals surface area contributed by atoms with Gasteiger partial charge >= 0.3 is 10.4 Å². The van der Waals surface area contributed by atoms with Gasteiger partial charge in [-0.1, -0.05) is 18.2 Å². The average molecular weight is 191 g/mol. The molecular formula is C6H9NO4S. The lowest BCUT2D eigenvalue weighted by Gasteiger charge is -2.23. The molecule has 1 aliphatic carbocycles. The van der Waals surface area contributed by atoms with E-state index in [1.165, 1.54) is 6.08 Å². The van der Waals surface area contributed by atoms with Crippen LogP contribution < -0.4 is 5.73 Å². The van der Waals surface area contributed by atoms with Crippen molar-refractivity contribution in [3.63, 3.8) is 0 Å². The van der Waals surface area contributed by atoms with Crippen molar-refractivity contribution < 1.29 is 17.2 Å². The topological polar surface area (TPSA) is 89.6 Å². The maximum absolute atomic E-state index is 10.3. The summed E-state index contributed by atoms with van der Waals surface area (Å²) in [5.74, 6) is 0. The molecule has 0 radical (unpaired) electrons. The van der Waals surface area contributed by atoms with Gasteiger partial charge in [-0.3, -0.25) is 10.3 Å². The summed E-state index contributed by atoms with van der Waals surface area (Å²) in [4.78, 5) is 0. The summed E-state index contributed by atoms with van der Waals surface area (Å²) < 4.78 is 33.2. The standard InChI is InChI=1S/C6H9NO4S/c7-6(11-12(8,9)10)4-2-1-3-5-6/h1-4H,5,7H2,(H,8,9,10). The predicted molar refractivity (Wildman–Crippen MR) is 42.4 cm³/mol. The average Bonchev–Trinajstić information content (AvgIpc) is 1.83. The molecule has 0 fully saturated rings. The van der Waals surface area contributed by atoms with Crippen molar-refractivity contribution in [2.75, 3.05) is 0 Å².